The number of hydrogen-bond acceptors (Lipinski definition) is 5. The first-order valence-corrected chi connectivity index (χ1v) is 11.0. The molecular formula is C20H28FN5O2S. The van der Waals surface area contributed by atoms with E-state index in [1.807, 2.05) is 0 Å². The Kier molecular flexibility index (Phi) is 6.15. The fourth-order valence-electron chi connectivity index (χ4n) is 4.04. The number of piperidine rings is 1. The molecular weight excluding hydrogens is 393 g/mol. The van der Waals surface area contributed by atoms with Crippen molar-refractivity contribution in [1.82, 2.24) is 4.31 Å². The molecule has 158 valence electrons. The first-order chi connectivity index (χ1) is 14.0. The standard InChI is InChI=1S/C20H28FN5O2S/c21-18-14(12-28-20(27)24-19(22)23)2-1-3-17(18)25-10-15(11-25)13-6-8-26(9-7-13)29-16-4-5-16/h1-3,13,15-16H,4-12H2,(H4,22,23,24,27). The fourth-order valence-corrected chi connectivity index (χ4v) is 5.23. The van der Waals surface area contributed by atoms with E-state index >= 15 is 0 Å². The predicted molar refractivity (Wildman–Crippen MR) is 113 cm³/mol. The smallest absolute Gasteiger partial charge is 0.437 e. The van der Waals surface area contributed by atoms with E-state index < -0.39 is 6.09 Å². The van der Waals surface area contributed by atoms with Gasteiger partial charge in [0.05, 0.1) is 5.69 Å². The Morgan fingerprint density at radius 1 is 1.17 bits per heavy atom. The van der Waals surface area contributed by atoms with E-state index in [4.69, 9.17) is 16.2 Å². The second kappa shape index (κ2) is 8.79. The van der Waals surface area contributed by atoms with Crippen molar-refractivity contribution in [2.45, 2.75) is 37.5 Å². The van der Waals surface area contributed by atoms with Crippen LogP contribution in [-0.4, -0.2) is 47.8 Å². The summed E-state index contributed by atoms with van der Waals surface area (Å²) in [5.41, 5.74) is 11.1. The zero-order valence-corrected chi connectivity index (χ0v) is 17.2. The van der Waals surface area contributed by atoms with Gasteiger partial charge in [-0.2, -0.15) is 0 Å². The van der Waals surface area contributed by atoms with E-state index in [9.17, 15) is 9.18 Å². The van der Waals surface area contributed by atoms with Gasteiger partial charge in [0.1, 0.15) is 6.61 Å². The molecule has 4 rings (SSSR count). The molecule has 3 aliphatic rings. The molecule has 2 saturated heterocycles. The largest absolute Gasteiger partial charge is 0.443 e. The summed E-state index contributed by atoms with van der Waals surface area (Å²) in [6, 6.07) is 5.16. The third-order valence-corrected chi connectivity index (χ3v) is 7.30. The average molecular weight is 422 g/mol. The lowest BCUT2D eigenvalue weighted by molar-refractivity contribution is 0.149. The first-order valence-electron chi connectivity index (χ1n) is 10.2. The highest BCUT2D eigenvalue weighted by atomic mass is 32.2. The number of guanidine groups is 1. The van der Waals surface area contributed by atoms with Gasteiger partial charge >= 0.3 is 6.09 Å². The summed E-state index contributed by atoms with van der Waals surface area (Å²) in [6.07, 6.45) is 4.30. The number of amides is 1. The molecule has 0 bridgehead atoms. The fraction of sp³-hybridized carbons (Fsp3) is 0.600. The van der Waals surface area contributed by atoms with Crippen LogP contribution in [0.15, 0.2) is 23.2 Å². The Balaban J connectivity index is 1.27. The van der Waals surface area contributed by atoms with Crippen molar-refractivity contribution < 1.29 is 13.9 Å². The van der Waals surface area contributed by atoms with Crippen LogP contribution in [-0.2, 0) is 11.3 Å². The van der Waals surface area contributed by atoms with Gasteiger partial charge in [0.2, 0.25) is 0 Å². The first kappa shape index (κ1) is 20.3. The predicted octanol–water partition coefficient (Wildman–Crippen LogP) is 2.69. The summed E-state index contributed by atoms with van der Waals surface area (Å²) in [4.78, 5) is 16.8. The molecule has 4 N–H and O–H groups in total. The molecule has 1 saturated carbocycles. The van der Waals surface area contributed by atoms with E-state index in [1.54, 1.807) is 18.2 Å². The van der Waals surface area contributed by atoms with Crippen LogP contribution in [0.3, 0.4) is 0 Å². The van der Waals surface area contributed by atoms with Gasteiger partial charge < -0.3 is 21.1 Å². The number of benzene rings is 1. The SMILES string of the molecule is NC(N)=NC(=O)OCc1cccc(N2CC(C3CCN(SC4CC4)CC3)C2)c1F. The van der Waals surface area contributed by atoms with E-state index in [2.05, 4.69) is 26.1 Å². The maximum Gasteiger partial charge on any atom is 0.437 e. The zero-order chi connectivity index (χ0) is 20.4. The van der Waals surface area contributed by atoms with Crippen LogP contribution in [0, 0.1) is 17.7 Å². The van der Waals surface area contributed by atoms with Crippen molar-refractivity contribution >= 4 is 29.7 Å². The lowest BCUT2D eigenvalue weighted by Crippen LogP contribution is -2.52. The summed E-state index contributed by atoms with van der Waals surface area (Å²) < 4.78 is 22.3. The molecule has 2 heterocycles. The Labute approximate surface area is 174 Å². The Hall–Kier alpha value is -2.00. The second-order valence-corrected chi connectivity index (χ2v) is 9.47. The molecule has 1 aromatic carbocycles. The molecule has 0 atom stereocenters. The van der Waals surface area contributed by atoms with Crippen LogP contribution < -0.4 is 16.4 Å². The Morgan fingerprint density at radius 3 is 2.55 bits per heavy atom. The third-order valence-electron chi connectivity index (χ3n) is 5.87. The highest BCUT2D eigenvalue weighted by Crippen LogP contribution is 2.41. The maximum absolute atomic E-state index is 14.9. The van der Waals surface area contributed by atoms with Crippen LogP contribution in [0.2, 0.25) is 0 Å². The van der Waals surface area contributed by atoms with Crippen LogP contribution >= 0.6 is 11.9 Å². The number of rotatable bonds is 6. The van der Waals surface area contributed by atoms with Gasteiger partial charge in [-0.1, -0.05) is 24.1 Å². The van der Waals surface area contributed by atoms with E-state index in [0.29, 0.717) is 17.2 Å². The molecule has 0 spiro atoms. The quantitative estimate of drug-likeness (QED) is 0.414. The van der Waals surface area contributed by atoms with E-state index in [1.165, 1.54) is 38.8 Å². The van der Waals surface area contributed by atoms with Crippen molar-refractivity contribution in [3.63, 3.8) is 0 Å². The molecule has 1 aromatic rings. The number of carbonyl (C=O) groups excluding carboxylic acids is 1. The van der Waals surface area contributed by atoms with Gasteiger partial charge in [-0.05, 0) is 43.6 Å². The average Bonchev–Trinajstić information content (AvgIpc) is 3.46. The van der Waals surface area contributed by atoms with Gasteiger partial charge in [-0.3, -0.25) is 4.31 Å². The van der Waals surface area contributed by atoms with Crippen molar-refractivity contribution in [1.29, 1.82) is 0 Å². The molecule has 1 aliphatic carbocycles. The zero-order valence-electron chi connectivity index (χ0n) is 16.4. The molecule has 9 heteroatoms. The van der Waals surface area contributed by atoms with Gasteiger partial charge in [-0.15, -0.1) is 4.99 Å². The van der Waals surface area contributed by atoms with Crippen molar-refractivity contribution in [3.05, 3.63) is 29.6 Å². The number of halogens is 1. The molecule has 0 unspecified atom stereocenters. The number of carbonyl (C=O) groups is 1. The van der Waals surface area contributed by atoms with Crippen molar-refractivity contribution in [2.75, 3.05) is 31.1 Å². The molecule has 2 aliphatic heterocycles. The number of nitrogens with zero attached hydrogens (tertiary/aromatic N) is 3. The Morgan fingerprint density at radius 2 is 1.90 bits per heavy atom. The molecule has 0 radical (unpaired) electrons. The second-order valence-electron chi connectivity index (χ2n) is 8.08. The lowest BCUT2D eigenvalue weighted by Gasteiger charge is -2.47. The number of hydrogen-bond donors (Lipinski definition) is 2. The maximum atomic E-state index is 14.9. The summed E-state index contributed by atoms with van der Waals surface area (Å²) >= 11 is 2.05. The summed E-state index contributed by atoms with van der Waals surface area (Å²) in [6.45, 7) is 3.91. The summed E-state index contributed by atoms with van der Waals surface area (Å²) in [5.74, 6) is 0.631. The lowest BCUT2D eigenvalue weighted by atomic mass is 9.80. The molecule has 1 amide bonds. The van der Waals surface area contributed by atoms with E-state index in [-0.39, 0.29) is 18.4 Å². The van der Waals surface area contributed by atoms with Crippen LogP contribution in [0.1, 0.15) is 31.2 Å². The molecule has 29 heavy (non-hydrogen) atoms. The Bertz CT molecular complexity index is 770. The van der Waals surface area contributed by atoms with Gasteiger partial charge in [-0.25, -0.2) is 9.18 Å². The minimum atomic E-state index is -0.926. The minimum Gasteiger partial charge on any atom is -0.443 e. The number of anilines is 1. The van der Waals surface area contributed by atoms with Gasteiger partial charge in [0.25, 0.3) is 0 Å². The monoisotopic (exact) mass is 421 g/mol. The summed E-state index contributed by atoms with van der Waals surface area (Å²) in [7, 11) is 0. The van der Waals surface area contributed by atoms with Crippen molar-refractivity contribution in [3.8, 4) is 0 Å². The van der Waals surface area contributed by atoms with Crippen LogP contribution in [0.25, 0.3) is 0 Å². The highest BCUT2D eigenvalue weighted by molar-refractivity contribution is 7.97. The van der Waals surface area contributed by atoms with Gasteiger partial charge in [0.15, 0.2) is 11.8 Å². The molecule has 3 fully saturated rings. The normalized spacial score (nSPS) is 20.9. The van der Waals surface area contributed by atoms with Crippen molar-refractivity contribution in [2.24, 2.45) is 28.3 Å². The van der Waals surface area contributed by atoms with E-state index in [0.717, 1.165) is 24.3 Å². The molecule has 7 nitrogen and oxygen atoms in total. The topological polar surface area (TPSA) is 97.2 Å². The third kappa shape index (κ3) is 5.14. The van der Waals surface area contributed by atoms with Crippen LogP contribution in [0.4, 0.5) is 14.9 Å². The number of nitrogens with two attached hydrogens (primary N) is 2. The number of aliphatic imine (C=N–C) groups is 1. The summed E-state index contributed by atoms with van der Waals surface area (Å²) in [5, 5.41) is 0.875. The highest BCUT2D eigenvalue weighted by Gasteiger charge is 2.37. The molecule has 0 aromatic heterocycles. The van der Waals surface area contributed by atoms with Gasteiger partial charge in [0, 0.05) is 37.0 Å². The number of ether oxygens (including phenoxy) is 1. The van der Waals surface area contributed by atoms with Crippen LogP contribution in [0.5, 0.6) is 0 Å². The minimum absolute atomic E-state index is 0.205.